The average Bonchev–Trinajstić information content (AvgIpc) is 2.29. The molecular formula is C12H10N2O3. The lowest BCUT2D eigenvalue weighted by Gasteiger charge is -2.04. The molecule has 2 rings (SSSR count). The zero-order valence-electron chi connectivity index (χ0n) is 8.81. The van der Waals surface area contributed by atoms with Crippen LogP contribution in [0.25, 0.3) is 0 Å². The lowest BCUT2D eigenvalue weighted by atomic mass is 10.2. The van der Waals surface area contributed by atoms with Gasteiger partial charge in [-0.1, -0.05) is 6.07 Å². The van der Waals surface area contributed by atoms with Crippen molar-refractivity contribution < 1.29 is 9.90 Å². The highest BCUT2D eigenvalue weighted by atomic mass is 16.3. The number of phenols is 1. The van der Waals surface area contributed by atoms with Gasteiger partial charge in [0.1, 0.15) is 11.3 Å². The van der Waals surface area contributed by atoms with Gasteiger partial charge in [-0.2, -0.15) is 0 Å². The number of amides is 1. The molecule has 86 valence electrons. The van der Waals surface area contributed by atoms with Crippen molar-refractivity contribution in [2.75, 3.05) is 5.32 Å². The third-order valence-electron chi connectivity index (χ3n) is 2.17. The fraction of sp³-hybridized carbons (Fsp3) is 0. The number of carbonyl (C=O) groups excluding carboxylic acids is 1. The molecule has 3 N–H and O–H groups in total. The maximum atomic E-state index is 11.7. The Morgan fingerprint density at radius 2 is 2.12 bits per heavy atom. The number of aromatic hydroxyl groups is 1. The van der Waals surface area contributed by atoms with E-state index < -0.39 is 5.91 Å². The quantitative estimate of drug-likeness (QED) is 0.727. The first-order valence-electron chi connectivity index (χ1n) is 4.94. The molecule has 0 saturated carbocycles. The lowest BCUT2D eigenvalue weighted by Crippen LogP contribution is -2.20. The Kier molecular flexibility index (Phi) is 2.91. The van der Waals surface area contributed by atoms with E-state index in [0.29, 0.717) is 5.69 Å². The number of aromatic amines is 1. The molecule has 0 fully saturated rings. The van der Waals surface area contributed by atoms with Crippen molar-refractivity contribution in [2.45, 2.75) is 0 Å². The van der Waals surface area contributed by atoms with Crippen LogP contribution in [-0.2, 0) is 0 Å². The van der Waals surface area contributed by atoms with Crippen LogP contribution in [0.5, 0.6) is 5.75 Å². The van der Waals surface area contributed by atoms with Gasteiger partial charge in [-0.25, -0.2) is 0 Å². The Bertz CT molecular complexity index is 604. The van der Waals surface area contributed by atoms with Crippen LogP contribution in [0.3, 0.4) is 0 Å². The normalized spacial score (nSPS) is 9.88. The van der Waals surface area contributed by atoms with Crippen molar-refractivity contribution in [2.24, 2.45) is 0 Å². The number of rotatable bonds is 2. The molecule has 5 nitrogen and oxygen atoms in total. The van der Waals surface area contributed by atoms with Gasteiger partial charge in [-0.3, -0.25) is 9.59 Å². The molecule has 0 radical (unpaired) electrons. The van der Waals surface area contributed by atoms with Crippen molar-refractivity contribution in [3.05, 3.63) is 58.5 Å². The summed E-state index contributed by atoms with van der Waals surface area (Å²) >= 11 is 0. The Labute approximate surface area is 96.7 Å². The smallest absolute Gasteiger partial charge is 0.261 e. The second kappa shape index (κ2) is 4.52. The molecule has 17 heavy (non-hydrogen) atoms. The number of phenolic OH excluding ortho intramolecular Hbond substituents is 1. The van der Waals surface area contributed by atoms with Crippen LogP contribution in [0, 0.1) is 0 Å². The third-order valence-corrected chi connectivity index (χ3v) is 2.17. The van der Waals surface area contributed by atoms with E-state index in [4.69, 9.17) is 0 Å². The predicted octanol–water partition coefficient (Wildman–Crippen LogP) is 1.33. The zero-order valence-corrected chi connectivity index (χ0v) is 8.81. The first-order valence-corrected chi connectivity index (χ1v) is 4.94. The largest absolute Gasteiger partial charge is 0.508 e. The molecule has 1 heterocycles. The number of H-pyrrole nitrogens is 1. The van der Waals surface area contributed by atoms with Crippen molar-refractivity contribution in [3.63, 3.8) is 0 Å². The third kappa shape index (κ3) is 2.52. The van der Waals surface area contributed by atoms with E-state index in [1.54, 1.807) is 12.1 Å². The molecule has 0 aliphatic rings. The first kappa shape index (κ1) is 10.9. The van der Waals surface area contributed by atoms with Gasteiger partial charge in [0.2, 0.25) is 0 Å². The molecule has 0 saturated heterocycles. The Morgan fingerprint density at radius 1 is 1.29 bits per heavy atom. The van der Waals surface area contributed by atoms with E-state index in [1.165, 1.54) is 30.6 Å². The van der Waals surface area contributed by atoms with Crippen LogP contribution in [0.15, 0.2) is 47.5 Å². The second-order valence-electron chi connectivity index (χ2n) is 3.43. The number of pyridine rings is 1. The minimum atomic E-state index is -0.516. The van der Waals surface area contributed by atoms with Crippen molar-refractivity contribution in [1.82, 2.24) is 4.98 Å². The van der Waals surface area contributed by atoms with Crippen molar-refractivity contribution >= 4 is 11.6 Å². The van der Waals surface area contributed by atoms with Crippen molar-refractivity contribution in [3.8, 4) is 5.75 Å². The summed E-state index contributed by atoms with van der Waals surface area (Å²) in [6.45, 7) is 0. The lowest BCUT2D eigenvalue weighted by molar-refractivity contribution is 0.102. The van der Waals surface area contributed by atoms with E-state index in [0.717, 1.165) is 0 Å². The number of hydrogen-bond acceptors (Lipinski definition) is 3. The van der Waals surface area contributed by atoms with Gasteiger partial charge < -0.3 is 15.4 Å². The summed E-state index contributed by atoms with van der Waals surface area (Å²) in [6.07, 6.45) is 2.79. The fourth-order valence-corrected chi connectivity index (χ4v) is 1.38. The number of benzene rings is 1. The second-order valence-corrected chi connectivity index (χ2v) is 3.43. The van der Waals surface area contributed by atoms with Crippen molar-refractivity contribution in [1.29, 1.82) is 0 Å². The average molecular weight is 230 g/mol. The van der Waals surface area contributed by atoms with Gasteiger partial charge in [0.25, 0.3) is 5.91 Å². The molecule has 0 unspecified atom stereocenters. The van der Waals surface area contributed by atoms with Crippen LogP contribution in [0.2, 0.25) is 0 Å². The molecule has 1 aromatic carbocycles. The van der Waals surface area contributed by atoms with E-state index in [9.17, 15) is 14.7 Å². The Hall–Kier alpha value is -2.56. The summed E-state index contributed by atoms with van der Waals surface area (Å²) in [5.74, 6) is -0.470. The zero-order chi connectivity index (χ0) is 12.3. The monoisotopic (exact) mass is 230 g/mol. The number of hydrogen-bond donors (Lipinski definition) is 3. The van der Waals surface area contributed by atoms with Crippen LogP contribution >= 0.6 is 0 Å². The molecule has 0 atom stereocenters. The Balaban J connectivity index is 2.23. The standard InChI is InChI=1S/C12H10N2O3/c15-9-3-1-2-8(6-9)14-12(17)10-7-13-5-4-11(10)16/h1-7,15H,(H,13,16)(H,14,17). The number of nitrogens with one attached hydrogen (secondary N) is 2. The van der Waals surface area contributed by atoms with Gasteiger partial charge >= 0.3 is 0 Å². The maximum Gasteiger partial charge on any atom is 0.261 e. The summed E-state index contributed by atoms with van der Waals surface area (Å²) in [6, 6.07) is 7.38. The number of anilines is 1. The molecule has 0 aliphatic carbocycles. The molecule has 0 spiro atoms. The minimum Gasteiger partial charge on any atom is -0.508 e. The summed E-state index contributed by atoms with van der Waals surface area (Å²) in [5.41, 5.74) is 0.0931. The number of aromatic nitrogens is 1. The van der Waals surface area contributed by atoms with Gasteiger partial charge in [-0.05, 0) is 12.1 Å². The minimum absolute atomic E-state index is 0.0239. The molecule has 1 aromatic heterocycles. The van der Waals surface area contributed by atoms with E-state index in [2.05, 4.69) is 10.3 Å². The molecular weight excluding hydrogens is 220 g/mol. The summed E-state index contributed by atoms with van der Waals surface area (Å²) < 4.78 is 0. The first-order chi connectivity index (χ1) is 8.16. The summed E-state index contributed by atoms with van der Waals surface area (Å²) in [5, 5.41) is 11.8. The molecule has 0 aliphatic heterocycles. The van der Waals surface area contributed by atoms with Crippen LogP contribution < -0.4 is 10.7 Å². The van der Waals surface area contributed by atoms with E-state index in [-0.39, 0.29) is 16.7 Å². The summed E-state index contributed by atoms with van der Waals surface area (Å²) in [7, 11) is 0. The molecule has 1 amide bonds. The fourth-order valence-electron chi connectivity index (χ4n) is 1.38. The van der Waals surface area contributed by atoms with Gasteiger partial charge in [-0.15, -0.1) is 0 Å². The highest BCUT2D eigenvalue weighted by Gasteiger charge is 2.09. The molecule has 5 heteroatoms. The van der Waals surface area contributed by atoms with Crippen LogP contribution in [-0.4, -0.2) is 16.0 Å². The molecule has 0 bridgehead atoms. The predicted molar refractivity (Wildman–Crippen MR) is 63.1 cm³/mol. The van der Waals surface area contributed by atoms with Gasteiger partial charge in [0.05, 0.1) is 0 Å². The van der Waals surface area contributed by atoms with Crippen LogP contribution in [0.4, 0.5) is 5.69 Å². The van der Waals surface area contributed by atoms with Crippen LogP contribution in [0.1, 0.15) is 10.4 Å². The Morgan fingerprint density at radius 3 is 2.82 bits per heavy atom. The highest BCUT2D eigenvalue weighted by Crippen LogP contribution is 2.15. The molecule has 2 aromatic rings. The topological polar surface area (TPSA) is 82.2 Å². The van der Waals surface area contributed by atoms with E-state index >= 15 is 0 Å². The van der Waals surface area contributed by atoms with Gasteiger partial charge in [0, 0.05) is 30.2 Å². The van der Waals surface area contributed by atoms with Gasteiger partial charge in [0.15, 0.2) is 5.43 Å². The summed E-state index contributed by atoms with van der Waals surface area (Å²) in [4.78, 5) is 25.8. The SMILES string of the molecule is O=C(Nc1cccc(O)c1)c1c[nH]ccc1=O. The highest BCUT2D eigenvalue weighted by molar-refractivity contribution is 6.04. The maximum absolute atomic E-state index is 11.7. The van der Waals surface area contributed by atoms with E-state index in [1.807, 2.05) is 0 Å². The number of carbonyl (C=O) groups is 1.